The second-order valence-corrected chi connectivity index (χ2v) is 5.24. The lowest BCUT2D eigenvalue weighted by molar-refractivity contribution is 0.318. The van der Waals surface area contributed by atoms with Crippen LogP contribution in [0.2, 0.25) is 0 Å². The molecule has 0 amide bonds. The van der Waals surface area contributed by atoms with Crippen molar-refractivity contribution in [3.05, 3.63) is 22.2 Å². The van der Waals surface area contributed by atoms with Crippen molar-refractivity contribution in [2.45, 2.75) is 13.3 Å². The van der Waals surface area contributed by atoms with E-state index < -0.39 is 0 Å². The van der Waals surface area contributed by atoms with E-state index in [-0.39, 0.29) is 0 Å². The average Bonchev–Trinajstić information content (AvgIpc) is 2.15. The van der Waals surface area contributed by atoms with Gasteiger partial charge in [0, 0.05) is 4.47 Å². The van der Waals surface area contributed by atoms with Crippen molar-refractivity contribution >= 4 is 33.4 Å². The average molecular weight is 290 g/mol. The van der Waals surface area contributed by atoms with Crippen LogP contribution in [-0.2, 0) is 0 Å². The van der Waals surface area contributed by atoms with Gasteiger partial charge in [-0.1, -0.05) is 15.9 Å². The molecule has 0 fully saturated rings. The van der Waals surface area contributed by atoms with Gasteiger partial charge in [0.05, 0.1) is 12.3 Å². The summed E-state index contributed by atoms with van der Waals surface area (Å²) in [5.41, 5.74) is 7.65. The van der Waals surface area contributed by atoms with Crippen molar-refractivity contribution in [2.75, 3.05) is 24.3 Å². The van der Waals surface area contributed by atoms with Crippen LogP contribution in [0, 0.1) is 6.92 Å². The highest BCUT2D eigenvalue weighted by molar-refractivity contribution is 9.10. The third-order valence-corrected chi connectivity index (χ3v) is 3.16. The summed E-state index contributed by atoms with van der Waals surface area (Å²) in [6.07, 6.45) is 3.15. The van der Waals surface area contributed by atoms with E-state index in [1.807, 2.05) is 30.8 Å². The van der Waals surface area contributed by atoms with Crippen LogP contribution in [0.4, 0.5) is 5.69 Å². The summed E-state index contributed by atoms with van der Waals surface area (Å²) in [5.74, 6) is 1.94. The highest BCUT2D eigenvalue weighted by atomic mass is 79.9. The van der Waals surface area contributed by atoms with Gasteiger partial charge >= 0.3 is 0 Å². The fourth-order valence-electron chi connectivity index (χ4n) is 1.33. The second-order valence-electron chi connectivity index (χ2n) is 3.34. The summed E-state index contributed by atoms with van der Waals surface area (Å²) in [7, 11) is 0. The van der Waals surface area contributed by atoms with Gasteiger partial charge in [0.25, 0.3) is 0 Å². The lowest BCUT2D eigenvalue weighted by Crippen LogP contribution is -2.03. The molecule has 0 heterocycles. The number of ether oxygens (including phenoxy) is 1. The van der Waals surface area contributed by atoms with E-state index in [1.165, 1.54) is 0 Å². The zero-order valence-electron chi connectivity index (χ0n) is 9.05. The van der Waals surface area contributed by atoms with Crippen LogP contribution in [0.1, 0.15) is 12.0 Å². The van der Waals surface area contributed by atoms with Crippen molar-refractivity contribution in [1.29, 1.82) is 0 Å². The zero-order valence-corrected chi connectivity index (χ0v) is 11.5. The Bertz CT molecular complexity index is 307. The molecule has 84 valence electrons. The fourth-order valence-corrected chi connectivity index (χ4v) is 2.33. The first kappa shape index (κ1) is 12.7. The highest BCUT2D eigenvalue weighted by Crippen LogP contribution is 2.30. The number of aryl methyl sites for hydroxylation is 1. The maximum atomic E-state index is 5.88. The standard InChI is InChI=1S/C11H16BrNOS/c1-8-6-9(12)7-10(13)11(8)14-4-3-5-15-2/h6-7H,3-5,13H2,1-2H3. The van der Waals surface area contributed by atoms with Crippen molar-refractivity contribution in [3.8, 4) is 5.75 Å². The van der Waals surface area contributed by atoms with Crippen molar-refractivity contribution in [2.24, 2.45) is 0 Å². The third-order valence-electron chi connectivity index (χ3n) is 2.01. The number of benzene rings is 1. The van der Waals surface area contributed by atoms with Crippen molar-refractivity contribution < 1.29 is 4.74 Å². The van der Waals surface area contributed by atoms with Gasteiger partial charge in [-0.3, -0.25) is 0 Å². The molecular formula is C11H16BrNOS. The fraction of sp³-hybridized carbons (Fsp3) is 0.455. The monoisotopic (exact) mass is 289 g/mol. The Morgan fingerprint density at radius 1 is 1.47 bits per heavy atom. The molecule has 0 atom stereocenters. The SMILES string of the molecule is CSCCCOc1c(C)cc(Br)cc1N. The summed E-state index contributed by atoms with van der Waals surface area (Å²) in [6.45, 7) is 2.73. The Hall–Kier alpha value is -0.350. The summed E-state index contributed by atoms with van der Waals surface area (Å²) in [4.78, 5) is 0. The quantitative estimate of drug-likeness (QED) is 0.666. The molecule has 2 N–H and O–H groups in total. The van der Waals surface area contributed by atoms with Gasteiger partial charge in [0.15, 0.2) is 0 Å². The summed E-state index contributed by atoms with van der Waals surface area (Å²) in [5, 5.41) is 0. The molecule has 1 aromatic carbocycles. The van der Waals surface area contributed by atoms with Gasteiger partial charge in [-0.05, 0) is 43.0 Å². The predicted octanol–water partition coefficient (Wildman–Crippen LogP) is 3.47. The Kier molecular flexibility index (Phi) is 5.32. The van der Waals surface area contributed by atoms with Crippen LogP contribution in [0.15, 0.2) is 16.6 Å². The van der Waals surface area contributed by atoms with Crippen molar-refractivity contribution in [1.82, 2.24) is 0 Å². The minimum atomic E-state index is 0.700. The lowest BCUT2D eigenvalue weighted by atomic mass is 10.2. The Morgan fingerprint density at radius 2 is 2.20 bits per heavy atom. The molecule has 0 bridgehead atoms. The Morgan fingerprint density at radius 3 is 2.80 bits per heavy atom. The van der Waals surface area contributed by atoms with Gasteiger partial charge in [0.1, 0.15) is 5.75 Å². The Labute approximate surface area is 104 Å². The van der Waals surface area contributed by atoms with E-state index in [4.69, 9.17) is 10.5 Å². The number of anilines is 1. The van der Waals surface area contributed by atoms with E-state index in [1.54, 1.807) is 0 Å². The smallest absolute Gasteiger partial charge is 0.145 e. The molecule has 0 aliphatic rings. The van der Waals surface area contributed by atoms with Crippen molar-refractivity contribution in [3.63, 3.8) is 0 Å². The van der Waals surface area contributed by atoms with Crippen LogP contribution in [0.3, 0.4) is 0 Å². The molecule has 0 radical (unpaired) electrons. The van der Waals surface area contributed by atoms with E-state index in [2.05, 4.69) is 22.2 Å². The molecule has 0 saturated heterocycles. The molecule has 0 spiro atoms. The molecule has 0 aliphatic carbocycles. The second kappa shape index (κ2) is 6.28. The zero-order chi connectivity index (χ0) is 11.3. The van der Waals surface area contributed by atoms with Gasteiger partial charge < -0.3 is 10.5 Å². The summed E-state index contributed by atoms with van der Waals surface area (Å²) >= 11 is 5.23. The number of nitrogen functional groups attached to an aromatic ring is 1. The molecule has 0 unspecified atom stereocenters. The number of hydrogen-bond donors (Lipinski definition) is 1. The van der Waals surface area contributed by atoms with Crippen LogP contribution >= 0.6 is 27.7 Å². The molecule has 1 rings (SSSR count). The van der Waals surface area contributed by atoms with Gasteiger partial charge in [0.2, 0.25) is 0 Å². The lowest BCUT2D eigenvalue weighted by Gasteiger charge is -2.11. The highest BCUT2D eigenvalue weighted by Gasteiger charge is 2.05. The molecule has 0 saturated carbocycles. The van der Waals surface area contributed by atoms with E-state index in [0.29, 0.717) is 5.69 Å². The van der Waals surface area contributed by atoms with E-state index >= 15 is 0 Å². The number of hydrogen-bond acceptors (Lipinski definition) is 3. The maximum absolute atomic E-state index is 5.88. The van der Waals surface area contributed by atoms with E-state index in [0.717, 1.165) is 34.6 Å². The largest absolute Gasteiger partial charge is 0.491 e. The molecule has 15 heavy (non-hydrogen) atoms. The summed E-state index contributed by atoms with van der Waals surface area (Å²) < 4.78 is 6.66. The normalized spacial score (nSPS) is 10.3. The maximum Gasteiger partial charge on any atom is 0.145 e. The number of rotatable bonds is 5. The van der Waals surface area contributed by atoms with Crippen LogP contribution in [0.5, 0.6) is 5.75 Å². The first-order chi connectivity index (χ1) is 7.15. The van der Waals surface area contributed by atoms with Gasteiger partial charge in [-0.25, -0.2) is 0 Å². The number of thioether (sulfide) groups is 1. The van der Waals surface area contributed by atoms with Crippen LogP contribution in [-0.4, -0.2) is 18.6 Å². The van der Waals surface area contributed by atoms with Gasteiger partial charge in [-0.2, -0.15) is 11.8 Å². The van der Waals surface area contributed by atoms with Crippen LogP contribution < -0.4 is 10.5 Å². The number of nitrogens with two attached hydrogens (primary N) is 1. The summed E-state index contributed by atoms with van der Waals surface area (Å²) in [6, 6.07) is 3.89. The minimum Gasteiger partial charge on any atom is -0.491 e. The minimum absolute atomic E-state index is 0.700. The molecular weight excluding hydrogens is 274 g/mol. The van der Waals surface area contributed by atoms with E-state index in [9.17, 15) is 0 Å². The van der Waals surface area contributed by atoms with Crippen LogP contribution in [0.25, 0.3) is 0 Å². The Balaban J connectivity index is 2.60. The molecule has 4 heteroatoms. The molecule has 0 aromatic heterocycles. The topological polar surface area (TPSA) is 35.2 Å². The molecule has 2 nitrogen and oxygen atoms in total. The predicted molar refractivity (Wildman–Crippen MR) is 71.8 cm³/mol. The first-order valence-corrected chi connectivity index (χ1v) is 7.01. The molecule has 1 aromatic rings. The molecule has 0 aliphatic heterocycles. The van der Waals surface area contributed by atoms with Gasteiger partial charge in [-0.15, -0.1) is 0 Å². The number of halogens is 1. The first-order valence-electron chi connectivity index (χ1n) is 4.82. The third kappa shape index (κ3) is 3.95.